The SMILES string of the molecule is O=C(NCC(O)c1cc(Cl)cc(Cl)c1)c1cccc(F)n1. The molecule has 1 atom stereocenters. The molecule has 0 bridgehead atoms. The van der Waals surface area contributed by atoms with E-state index in [9.17, 15) is 14.3 Å². The van der Waals surface area contributed by atoms with Gasteiger partial charge in [-0.1, -0.05) is 29.3 Å². The van der Waals surface area contributed by atoms with Gasteiger partial charge in [-0.3, -0.25) is 4.79 Å². The number of halogens is 3. The maximum Gasteiger partial charge on any atom is 0.270 e. The largest absolute Gasteiger partial charge is 0.387 e. The molecule has 0 spiro atoms. The molecule has 0 aliphatic carbocycles. The van der Waals surface area contributed by atoms with Crippen molar-refractivity contribution in [1.82, 2.24) is 10.3 Å². The van der Waals surface area contributed by atoms with Crippen LogP contribution in [-0.4, -0.2) is 22.5 Å². The number of aliphatic hydroxyl groups excluding tert-OH is 1. The molecule has 1 amide bonds. The van der Waals surface area contributed by atoms with Gasteiger partial charge >= 0.3 is 0 Å². The highest BCUT2D eigenvalue weighted by atomic mass is 35.5. The highest BCUT2D eigenvalue weighted by Gasteiger charge is 2.13. The van der Waals surface area contributed by atoms with Gasteiger partial charge in [0, 0.05) is 16.6 Å². The fraction of sp³-hybridized carbons (Fsp3) is 0.143. The molecule has 1 heterocycles. The Balaban J connectivity index is 2.00. The van der Waals surface area contributed by atoms with Gasteiger partial charge in [-0.2, -0.15) is 4.39 Å². The van der Waals surface area contributed by atoms with Crippen molar-refractivity contribution < 1.29 is 14.3 Å². The lowest BCUT2D eigenvalue weighted by Crippen LogP contribution is -2.29. The van der Waals surface area contributed by atoms with Gasteiger partial charge in [-0.05, 0) is 35.9 Å². The molecule has 0 radical (unpaired) electrons. The zero-order valence-corrected chi connectivity index (χ0v) is 12.2. The summed E-state index contributed by atoms with van der Waals surface area (Å²) in [7, 11) is 0. The monoisotopic (exact) mass is 328 g/mol. The van der Waals surface area contributed by atoms with Gasteiger partial charge in [-0.25, -0.2) is 4.98 Å². The Hall–Kier alpha value is -1.69. The average molecular weight is 329 g/mol. The van der Waals surface area contributed by atoms with Crippen LogP contribution in [-0.2, 0) is 0 Å². The van der Waals surface area contributed by atoms with Gasteiger partial charge in [0.25, 0.3) is 5.91 Å². The number of amides is 1. The molecule has 21 heavy (non-hydrogen) atoms. The van der Waals surface area contributed by atoms with Crippen LogP contribution in [0.25, 0.3) is 0 Å². The number of aliphatic hydroxyl groups is 1. The minimum Gasteiger partial charge on any atom is -0.387 e. The Labute approximate surface area is 130 Å². The molecule has 1 aromatic heterocycles. The third-order valence-corrected chi connectivity index (χ3v) is 3.11. The Bertz CT molecular complexity index is 647. The molecule has 0 fully saturated rings. The predicted octanol–water partition coefficient (Wildman–Crippen LogP) is 2.99. The van der Waals surface area contributed by atoms with Crippen molar-refractivity contribution in [3.63, 3.8) is 0 Å². The Morgan fingerprint density at radius 1 is 1.29 bits per heavy atom. The summed E-state index contributed by atoms with van der Waals surface area (Å²) in [6, 6.07) is 8.52. The van der Waals surface area contributed by atoms with E-state index in [1.165, 1.54) is 18.2 Å². The number of hydrogen-bond acceptors (Lipinski definition) is 3. The fourth-order valence-corrected chi connectivity index (χ4v) is 2.24. The van der Waals surface area contributed by atoms with Crippen LogP contribution in [0, 0.1) is 5.95 Å². The van der Waals surface area contributed by atoms with Crippen molar-refractivity contribution in [3.05, 3.63) is 63.6 Å². The van der Waals surface area contributed by atoms with E-state index in [0.29, 0.717) is 15.6 Å². The summed E-state index contributed by atoms with van der Waals surface area (Å²) < 4.78 is 12.9. The molecule has 0 saturated heterocycles. The first-order valence-electron chi connectivity index (χ1n) is 6.00. The summed E-state index contributed by atoms with van der Waals surface area (Å²) in [4.78, 5) is 15.2. The number of rotatable bonds is 4. The van der Waals surface area contributed by atoms with Gasteiger partial charge in [0.15, 0.2) is 0 Å². The molecule has 2 aromatic rings. The molecule has 1 unspecified atom stereocenters. The second-order valence-electron chi connectivity index (χ2n) is 4.27. The van der Waals surface area contributed by atoms with Crippen LogP contribution in [0.4, 0.5) is 4.39 Å². The molecule has 4 nitrogen and oxygen atoms in total. The van der Waals surface area contributed by atoms with Crippen LogP contribution >= 0.6 is 23.2 Å². The Kier molecular flexibility index (Phi) is 5.12. The zero-order chi connectivity index (χ0) is 15.4. The van der Waals surface area contributed by atoms with Crippen LogP contribution in [0.2, 0.25) is 10.0 Å². The minimum absolute atomic E-state index is 0.0636. The molecule has 110 valence electrons. The van der Waals surface area contributed by atoms with E-state index in [1.807, 2.05) is 0 Å². The second-order valence-corrected chi connectivity index (χ2v) is 5.15. The van der Waals surface area contributed by atoms with Crippen molar-refractivity contribution in [2.45, 2.75) is 6.10 Å². The normalized spacial score (nSPS) is 12.0. The van der Waals surface area contributed by atoms with Crippen molar-refractivity contribution in [3.8, 4) is 0 Å². The molecular formula is C14H11Cl2FN2O2. The van der Waals surface area contributed by atoms with E-state index in [1.54, 1.807) is 12.1 Å². The van der Waals surface area contributed by atoms with E-state index < -0.39 is 18.0 Å². The van der Waals surface area contributed by atoms with Gasteiger partial charge in [0.05, 0.1) is 6.10 Å². The van der Waals surface area contributed by atoms with Gasteiger partial charge in [-0.15, -0.1) is 0 Å². The van der Waals surface area contributed by atoms with Crippen LogP contribution < -0.4 is 5.32 Å². The number of nitrogens with one attached hydrogen (secondary N) is 1. The number of benzene rings is 1. The Morgan fingerprint density at radius 3 is 2.57 bits per heavy atom. The second kappa shape index (κ2) is 6.85. The third kappa shape index (κ3) is 4.39. The van der Waals surface area contributed by atoms with E-state index in [4.69, 9.17) is 23.2 Å². The van der Waals surface area contributed by atoms with Crippen molar-refractivity contribution >= 4 is 29.1 Å². The average Bonchev–Trinajstić information content (AvgIpc) is 2.43. The molecule has 2 N–H and O–H groups in total. The molecule has 1 aromatic carbocycles. The molecule has 0 aliphatic rings. The number of hydrogen-bond donors (Lipinski definition) is 2. The number of aromatic nitrogens is 1. The minimum atomic E-state index is -0.987. The number of pyridine rings is 1. The lowest BCUT2D eigenvalue weighted by molar-refractivity contribution is 0.0910. The lowest BCUT2D eigenvalue weighted by Gasteiger charge is -2.13. The molecule has 7 heteroatoms. The Morgan fingerprint density at radius 2 is 1.95 bits per heavy atom. The van der Waals surface area contributed by atoms with E-state index in [-0.39, 0.29) is 12.2 Å². The molecule has 2 rings (SSSR count). The first-order chi connectivity index (χ1) is 9.95. The topological polar surface area (TPSA) is 62.2 Å². The van der Waals surface area contributed by atoms with Gasteiger partial charge in [0.1, 0.15) is 5.69 Å². The molecule has 0 aliphatic heterocycles. The van der Waals surface area contributed by atoms with Crippen LogP contribution in [0.15, 0.2) is 36.4 Å². The van der Waals surface area contributed by atoms with Gasteiger partial charge < -0.3 is 10.4 Å². The fourth-order valence-electron chi connectivity index (χ4n) is 1.70. The highest BCUT2D eigenvalue weighted by Crippen LogP contribution is 2.23. The predicted molar refractivity (Wildman–Crippen MR) is 78.0 cm³/mol. The quantitative estimate of drug-likeness (QED) is 0.848. The summed E-state index contributed by atoms with van der Waals surface area (Å²) >= 11 is 11.7. The first-order valence-corrected chi connectivity index (χ1v) is 6.76. The maximum atomic E-state index is 12.9. The van der Waals surface area contributed by atoms with E-state index in [2.05, 4.69) is 10.3 Å². The number of nitrogens with zero attached hydrogens (tertiary/aromatic N) is 1. The molecular weight excluding hydrogens is 318 g/mol. The van der Waals surface area contributed by atoms with E-state index >= 15 is 0 Å². The third-order valence-electron chi connectivity index (χ3n) is 2.67. The van der Waals surface area contributed by atoms with Crippen molar-refractivity contribution in [1.29, 1.82) is 0 Å². The lowest BCUT2D eigenvalue weighted by atomic mass is 10.1. The van der Waals surface area contributed by atoms with E-state index in [0.717, 1.165) is 6.07 Å². The number of carbonyl (C=O) groups excluding carboxylic acids is 1. The van der Waals surface area contributed by atoms with Crippen LogP contribution in [0.1, 0.15) is 22.2 Å². The van der Waals surface area contributed by atoms with Crippen LogP contribution in [0.3, 0.4) is 0 Å². The van der Waals surface area contributed by atoms with Crippen molar-refractivity contribution in [2.24, 2.45) is 0 Å². The zero-order valence-electron chi connectivity index (χ0n) is 10.7. The van der Waals surface area contributed by atoms with Gasteiger partial charge in [0.2, 0.25) is 5.95 Å². The number of carbonyl (C=O) groups is 1. The van der Waals surface area contributed by atoms with Crippen molar-refractivity contribution in [2.75, 3.05) is 6.54 Å². The summed E-state index contributed by atoms with van der Waals surface area (Å²) in [5.74, 6) is -1.33. The first kappa shape index (κ1) is 15.7. The van der Waals surface area contributed by atoms with Crippen LogP contribution in [0.5, 0.6) is 0 Å². The maximum absolute atomic E-state index is 12.9. The summed E-state index contributed by atoms with van der Waals surface area (Å²) in [6.07, 6.45) is -0.987. The molecule has 0 saturated carbocycles. The standard InChI is InChI=1S/C14H11Cl2FN2O2/c15-9-4-8(5-10(16)6-9)12(20)7-18-14(21)11-2-1-3-13(17)19-11/h1-6,12,20H,7H2,(H,18,21). The summed E-state index contributed by atoms with van der Waals surface area (Å²) in [5, 5.41) is 13.2. The summed E-state index contributed by atoms with van der Waals surface area (Å²) in [6.45, 7) is -0.0757. The summed E-state index contributed by atoms with van der Waals surface area (Å²) in [5.41, 5.74) is 0.409. The highest BCUT2D eigenvalue weighted by molar-refractivity contribution is 6.34. The smallest absolute Gasteiger partial charge is 0.270 e.